The molecule has 1 aliphatic heterocycles. The summed E-state index contributed by atoms with van der Waals surface area (Å²) in [4.78, 5) is 22.7. The summed E-state index contributed by atoms with van der Waals surface area (Å²) in [5, 5.41) is 20.2. The van der Waals surface area contributed by atoms with Crippen molar-refractivity contribution in [1.82, 2.24) is 20.2 Å². The van der Waals surface area contributed by atoms with Crippen LogP contribution in [0.15, 0.2) is 6.07 Å². The molecule has 0 saturated carbocycles. The van der Waals surface area contributed by atoms with Crippen molar-refractivity contribution in [3.05, 3.63) is 23.0 Å². The first-order valence-electron chi connectivity index (χ1n) is 9.24. The van der Waals surface area contributed by atoms with Crippen LogP contribution in [0, 0.1) is 0 Å². The van der Waals surface area contributed by atoms with Crippen molar-refractivity contribution in [2.24, 2.45) is 0 Å². The van der Waals surface area contributed by atoms with E-state index in [1.54, 1.807) is 0 Å². The van der Waals surface area contributed by atoms with Gasteiger partial charge in [0.2, 0.25) is 5.95 Å². The molecule has 146 valence electrons. The number of nitrogens with zero attached hydrogens (tertiary/aromatic N) is 4. The molecule has 1 unspecified atom stereocenters. The normalized spacial score (nSPS) is 18.5. The Balaban J connectivity index is 0.00000210. The number of carboxylic acid groups (broad SMARTS) is 1. The zero-order valence-corrected chi connectivity index (χ0v) is 16.3. The Morgan fingerprint density at radius 2 is 2.15 bits per heavy atom. The summed E-state index contributed by atoms with van der Waals surface area (Å²) in [5.41, 5.74) is 3.14. The number of H-pyrrole nitrogens is 1. The average Bonchev–Trinajstić information content (AvgIpc) is 3.34. The van der Waals surface area contributed by atoms with Crippen LogP contribution in [-0.4, -0.2) is 43.8 Å². The fourth-order valence-electron chi connectivity index (χ4n) is 3.74. The fraction of sp³-hybridized carbons (Fsp3) is 0.556. The van der Waals surface area contributed by atoms with Crippen LogP contribution in [0.4, 0.5) is 17.6 Å². The van der Waals surface area contributed by atoms with Gasteiger partial charge in [-0.05, 0) is 38.0 Å². The molecule has 0 amide bonds. The molecular weight excluding hydrogens is 368 g/mol. The molecule has 0 bridgehead atoms. The standard InChI is InChI=1S/C18H24N6O2.ClH/c1-10(2)13-9-15(23-22-13)20-16-11-5-3-6-12(11)19-18(21-16)24-8-4-7-14(24)17(25)26;/h9-10,14H,3-8H2,1-2H3,(H,25,26)(H2,19,20,21,22,23);1H. The summed E-state index contributed by atoms with van der Waals surface area (Å²) in [6, 6.07) is 1.45. The van der Waals surface area contributed by atoms with E-state index in [0.717, 1.165) is 54.3 Å². The van der Waals surface area contributed by atoms with Crippen LogP contribution in [-0.2, 0) is 17.6 Å². The predicted octanol–water partition coefficient (Wildman–Crippen LogP) is 3.03. The maximum absolute atomic E-state index is 11.5. The largest absolute Gasteiger partial charge is 0.480 e. The van der Waals surface area contributed by atoms with E-state index in [1.807, 2.05) is 11.0 Å². The van der Waals surface area contributed by atoms with Gasteiger partial charge >= 0.3 is 5.97 Å². The second kappa shape index (κ2) is 7.72. The lowest BCUT2D eigenvalue weighted by Crippen LogP contribution is -2.37. The maximum Gasteiger partial charge on any atom is 0.326 e. The molecule has 9 heteroatoms. The van der Waals surface area contributed by atoms with E-state index >= 15 is 0 Å². The minimum atomic E-state index is -0.809. The smallest absolute Gasteiger partial charge is 0.326 e. The molecule has 2 aromatic rings. The summed E-state index contributed by atoms with van der Waals surface area (Å²) in [6.07, 6.45) is 4.37. The first-order valence-corrected chi connectivity index (χ1v) is 9.24. The van der Waals surface area contributed by atoms with Crippen molar-refractivity contribution in [3.63, 3.8) is 0 Å². The van der Waals surface area contributed by atoms with Gasteiger partial charge in [0, 0.05) is 18.2 Å². The number of hydrogen-bond acceptors (Lipinski definition) is 6. The molecule has 8 nitrogen and oxygen atoms in total. The van der Waals surface area contributed by atoms with E-state index < -0.39 is 12.0 Å². The van der Waals surface area contributed by atoms with E-state index in [1.165, 1.54) is 0 Å². The van der Waals surface area contributed by atoms with Crippen LogP contribution in [0.2, 0.25) is 0 Å². The van der Waals surface area contributed by atoms with Gasteiger partial charge in [0.1, 0.15) is 17.7 Å². The van der Waals surface area contributed by atoms with Crippen molar-refractivity contribution >= 4 is 36.0 Å². The number of carbonyl (C=O) groups is 1. The van der Waals surface area contributed by atoms with E-state index in [4.69, 9.17) is 4.98 Å². The molecule has 2 aromatic heterocycles. The van der Waals surface area contributed by atoms with Crippen molar-refractivity contribution < 1.29 is 9.90 Å². The Hall–Kier alpha value is -2.35. The molecule has 0 spiro atoms. The first kappa shape index (κ1) is 19.4. The summed E-state index contributed by atoms with van der Waals surface area (Å²) < 4.78 is 0. The molecule has 1 aliphatic carbocycles. The highest BCUT2D eigenvalue weighted by molar-refractivity contribution is 5.85. The number of nitrogens with one attached hydrogen (secondary N) is 2. The zero-order chi connectivity index (χ0) is 18.3. The summed E-state index contributed by atoms with van der Waals surface area (Å²) >= 11 is 0. The lowest BCUT2D eigenvalue weighted by atomic mass is 10.1. The number of aliphatic carboxylic acids is 1. The Bertz CT molecular complexity index is 837. The number of carboxylic acids is 1. The third-order valence-corrected chi connectivity index (χ3v) is 5.16. The molecule has 3 heterocycles. The lowest BCUT2D eigenvalue weighted by Gasteiger charge is -2.23. The third-order valence-electron chi connectivity index (χ3n) is 5.16. The van der Waals surface area contributed by atoms with Gasteiger partial charge in [-0.3, -0.25) is 5.10 Å². The molecule has 1 saturated heterocycles. The molecule has 27 heavy (non-hydrogen) atoms. The van der Waals surface area contributed by atoms with Crippen molar-refractivity contribution in [1.29, 1.82) is 0 Å². The second-order valence-electron chi connectivity index (χ2n) is 7.33. The monoisotopic (exact) mass is 392 g/mol. The molecule has 1 atom stereocenters. The highest BCUT2D eigenvalue weighted by Gasteiger charge is 2.33. The molecule has 4 rings (SSSR count). The molecule has 0 aromatic carbocycles. The predicted molar refractivity (Wildman–Crippen MR) is 105 cm³/mol. The van der Waals surface area contributed by atoms with Gasteiger partial charge in [0.05, 0.1) is 11.4 Å². The molecule has 1 fully saturated rings. The maximum atomic E-state index is 11.5. The number of aromatic amines is 1. The van der Waals surface area contributed by atoms with Crippen LogP contribution < -0.4 is 10.2 Å². The average molecular weight is 393 g/mol. The number of halogens is 1. The Labute approximate surface area is 164 Å². The summed E-state index contributed by atoms with van der Waals surface area (Å²) in [5.74, 6) is 1.61. The van der Waals surface area contributed by atoms with E-state index in [2.05, 4.69) is 34.3 Å². The Morgan fingerprint density at radius 1 is 1.33 bits per heavy atom. The van der Waals surface area contributed by atoms with E-state index in [0.29, 0.717) is 24.8 Å². The highest BCUT2D eigenvalue weighted by Crippen LogP contribution is 2.32. The number of aromatic nitrogens is 4. The number of aryl methyl sites for hydroxylation is 1. The van der Waals surface area contributed by atoms with Crippen LogP contribution in [0.1, 0.15) is 56.0 Å². The van der Waals surface area contributed by atoms with Crippen LogP contribution in [0.3, 0.4) is 0 Å². The van der Waals surface area contributed by atoms with E-state index in [9.17, 15) is 9.90 Å². The Morgan fingerprint density at radius 3 is 2.85 bits per heavy atom. The fourth-order valence-corrected chi connectivity index (χ4v) is 3.74. The van der Waals surface area contributed by atoms with Gasteiger partial charge in [0.25, 0.3) is 0 Å². The van der Waals surface area contributed by atoms with Gasteiger partial charge in [0.15, 0.2) is 0 Å². The highest BCUT2D eigenvalue weighted by atomic mass is 35.5. The van der Waals surface area contributed by atoms with Crippen molar-refractivity contribution in [2.45, 2.75) is 57.9 Å². The van der Waals surface area contributed by atoms with Crippen LogP contribution in [0.5, 0.6) is 0 Å². The number of hydrogen-bond donors (Lipinski definition) is 3. The van der Waals surface area contributed by atoms with Gasteiger partial charge in [-0.2, -0.15) is 10.1 Å². The third kappa shape index (κ3) is 3.71. The SMILES string of the molecule is CC(C)c1cc(Nc2nc(N3CCCC3C(=O)O)nc3c2CCC3)[nH]n1.Cl. The zero-order valence-electron chi connectivity index (χ0n) is 15.5. The topological polar surface area (TPSA) is 107 Å². The molecule has 3 N–H and O–H groups in total. The first-order chi connectivity index (χ1) is 12.5. The van der Waals surface area contributed by atoms with Gasteiger partial charge in [-0.25, -0.2) is 9.78 Å². The molecule has 2 aliphatic rings. The second-order valence-corrected chi connectivity index (χ2v) is 7.33. The number of anilines is 3. The van der Waals surface area contributed by atoms with Gasteiger partial charge in [-0.15, -0.1) is 12.4 Å². The molecule has 0 radical (unpaired) electrons. The quantitative estimate of drug-likeness (QED) is 0.717. The van der Waals surface area contributed by atoms with Gasteiger partial charge in [-0.1, -0.05) is 13.8 Å². The van der Waals surface area contributed by atoms with Gasteiger partial charge < -0.3 is 15.3 Å². The summed E-state index contributed by atoms with van der Waals surface area (Å²) in [7, 11) is 0. The van der Waals surface area contributed by atoms with Crippen LogP contribution >= 0.6 is 12.4 Å². The number of fused-ring (bicyclic) bond motifs is 1. The van der Waals surface area contributed by atoms with Crippen molar-refractivity contribution in [3.8, 4) is 0 Å². The van der Waals surface area contributed by atoms with E-state index in [-0.39, 0.29) is 12.4 Å². The van der Waals surface area contributed by atoms with Crippen LogP contribution in [0.25, 0.3) is 0 Å². The molecular formula is C18H25ClN6O2. The lowest BCUT2D eigenvalue weighted by molar-refractivity contribution is -0.138. The Kier molecular flexibility index (Phi) is 5.55. The van der Waals surface area contributed by atoms with Crippen molar-refractivity contribution in [2.75, 3.05) is 16.8 Å². The number of rotatable bonds is 5. The summed E-state index contributed by atoms with van der Waals surface area (Å²) in [6.45, 7) is 4.87. The minimum absolute atomic E-state index is 0. The minimum Gasteiger partial charge on any atom is -0.480 e.